The molecule has 0 aliphatic carbocycles. The molecule has 0 aliphatic heterocycles. The van der Waals surface area contributed by atoms with Gasteiger partial charge in [0.05, 0.1) is 5.69 Å². The van der Waals surface area contributed by atoms with Crippen molar-refractivity contribution >= 4 is 44.1 Å². The van der Waals surface area contributed by atoms with Gasteiger partial charge in [0, 0.05) is 16.8 Å². The van der Waals surface area contributed by atoms with Crippen molar-refractivity contribution in [1.29, 1.82) is 0 Å². The molecule has 0 unspecified atom stereocenters. The van der Waals surface area contributed by atoms with Crippen LogP contribution >= 0.6 is 11.6 Å². The summed E-state index contributed by atoms with van der Waals surface area (Å²) in [6, 6.07) is 7.01. The first-order valence-corrected chi connectivity index (χ1v) is 7.40. The van der Waals surface area contributed by atoms with Gasteiger partial charge in [-0.2, -0.15) is 8.42 Å². The zero-order valence-electron chi connectivity index (χ0n) is 10.00. The van der Waals surface area contributed by atoms with Gasteiger partial charge in [0.1, 0.15) is 16.5 Å². The molecule has 0 aliphatic rings. The maximum Gasteiger partial charge on any atom is 0.295 e. The van der Waals surface area contributed by atoms with Crippen LogP contribution in [-0.2, 0) is 14.9 Å². The molecule has 0 atom stereocenters. The average molecular weight is 316 g/mol. The molecule has 0 bridgehead atoms. The van der Waals surface area contributed by atoms with Crippen LogP contribution in [0.5, 0.6) is 5.75 Å². The van der Waals surface area contributed by atoms with Crippen molar-refractivity contribution in [2.24, 2.45) is 0 Å². The van der Waals surface area contributed by atoms with Crippen LogP contribution in [0.3, 0.4) is 0 Å². The number of phenolic OH excluding ortho intramolecular Hbond substituents is 1. The minimum atomic E-state index is -4.50. The molecular formula is C12H10ClNO5S. The summed E-state index contributed by atoms with van der Waals surface area (Å²) >= 11 is 5.38. The van der Waals surface area contributed by atoms with E-state index in [1.165, 1.54) is 12.1 Å². The van der Waals surface area contributed by atoms with E-state index in [9.17, 15) is 22.9 Å². The first-order chi connectivity index (χ1) is 9.34. The maximum absolute atomic E-state index is 11.3. The summed E-state index contributed by atoms with van der Waals surface area (Å²) in [5, 5.41) is 12.7. The molecule has 2 rings (SSSR count). The smallest absolute Gasteiger partial charge is 0.295 e. The summed E-state index contributed by atoms with van der Waals surface area (Å²) in [7, 11) is -4.50. The van der Waals surface area contributed by atoms with E-state index in [2.05, 4.69) is 5.32 Å². The van der Waals surface area contributed by atoms with Crippen molar-refractivity contribution in [3.05, 3.63) is 30.3 Å². The van der Waals surface area contributed by atoms with Gasteiger partial charge in [-0.1, -0.05) is 24.3 Å². The Balaban J connectivity index is 2.80. The number of hydrogen-bond acceptors (Lipinski definition) is 4. The van der Waals surface area contributed by atoms with Crippen molar-refractivity contribution in [3.8, 4) is 5.75 Å². The molecule has 106 valence electrons. The van der Waals surface area contributed by atoms with E-state index >= 15 is 0 Å². The quantitative estimate of drug-likeness (QED) is 0.456. The highest BCUT2D eigenvalue weighted by Crippen LogP contribution is 2.37. The van der Waals surface area contributed by atoms with Crippen LogP contribution in [0.2, 0.25) is 0 Å². The number of rotatable bonds is 3. The number of aromatic hydroxyl groups is 1. The van der Waals surface area contributed by atoms with Gasteiger partial charge in [-0.25, -0.2) is 0 Å². The molecule has 8 heteroatoms. The van der Waals surface area contributed by atoms with Gasteiger partial charge in [-0.15, -0.1) is 11.6 Å². The Hall–Kier alpha value is -1.83. The molecule has 1 amide bonds. The first kappa shape index (κ1) is 14.6. The number of hydrogen-bond donors (Lipinski definition) is 3. The number of halogens is 1. The zero-order valence-corrected chi connectivity index (χ0v) is 11.6. The standard InChI is InChI=1S/C12H10ClNO5S/c13-6-11(16)14-12-8-4-2-1-3-7(8)10(5-9(12)15)20(17,18)19/h1-5,15H,6H2,(H,14,16)(H,17,18,19). The van der Waals surface area contributed by atoms with Crippen molar-refractivity contribution in [2.45, 2.75) is 4.90 Å². The zero-order chi connectivity index (χ0) is 14.9. The van der Waals surface area contributed by atoms with Crippen molar-refractivity contribution in [3.63, 3.8) is 0 Å². The molecule has 0 saturated carbocycles. The number of alkyl halides is 1. The lowest BCUT2D eigenvalue weighted by Gasteiger charge is -2.12. The fourth-order valence-corrected chi connectivity index (χ4v) is 2.63. The average Bonchev–Trinajstić information content (AvgIpc) is 2.40. The van der Waals surface area contributed by atoms with E-state index in [1.54, 1.807) is 12.1 Å². The van der Waals surface area contributed by atoms with Crippen LogP contribution in [0.15, 0.2) is 35.2 Å². The molecule has 6 nitrogen and oxygen atoms in total. The van der Waals surface area contributed by atoms with Crippen LogP contribution in [0.4, 0.5) is 5.69 Å². The van der Waals surface area contributed by atoms with E-state index in [0.717, 1.165) is 6.07 Å². The Bertz CT molecular complexity index is 788. The molecule has 3 N–H and O–H groups in total. The van der Waals surface area contributed by atoms with Gasteiger partial charge in [-0.3, -0.25) is 9.35 Å². The molecule has 0 heterocycles. The SMILES string of the molecule is O=C(CCl)Nc1c(O)cc(S(=O)(=O)O)c2ccccc12. The van der Waals surface area contributed by atoms with Gasteiger partial charge in [-0.05, 0) is 0 Å². The number of phenols is 1. The Morgan fingerprint density at radius 2 is 1.85 bits per heavy atom. The fraction of sp³-hybridized carbons (Fsp3) is 0.0833. The summed E-state index contributed by atoms with van der Waals surface area (Å²) < 4.78 is 31.8. The minimum absolute atomic E-state index is 0.0404. The lowest BCUT2D eigenvalue weighted by atomic mass is 10.1. The predicted octanol–water partition coefficient (Wildman–Crippen LogP) is 1.97. The van der Waals surface area contributed by atoms with Gasteiger partial charge in [0.2, 0.25) is 5.91 Å². The van der Waals surface area contributed by atoms with Crippen molar-refractivity contribution in [1.82, 2.24) is 0 Å². The summed E-state index contributed by atoms with van der Waals surface area (Å²) in [6.07, 6.45) is 0. The predicted molar refractivity (Wildman–Crippen MR) is 74.8 cm³/mol. The summed E-state index contributed by atoms with van der Waals surface area (Å²) in [4.78, 5) is 10.9. The third-order valence-electron chi connectivity index (χ3n) is 2.65. The lowest BCUT2D eigenvalue weighted by Crippen LogP contribution is -2.13. The molecule has 2 aromatic rings. The molecule has 0 aromatic heterocycles. The monoisotopic (exact) mass is 315 g/mol. The molecule has 20 heavy (non-hydrogen) atoms. The van der Waals surface area contributed by atoms with Gasteiger partial charge < -0.3 is 10.4 Å². The highest BCUT2D eigenvalue weighted by molar-refractivity contribution is 7.86. The molecule has 0 spiro atoms. The van der Waals surface area contributed by atoms with Gasteiger partial charge in [0.15, 0.2) is 0 Å². The second kappa shape index (κ2) is 5.28. The van der Waals surface area contributed by atoms with Crippen LogP contribution in [0.25, 0.3) is 10.8 Å². The highest BCUT2D eigenvalue weighted by Gasteiger charge is 2.20. The lowest BCUT2D eigenvalue weighted by molar-refractivity contribution is -0.113. The number of carbonyl (C=O) groups is 1. The number of carbonyl (C=O) groups excluding carboxylic acids is 1. The number of anilines is 1. The third-order valence-corrected chi connectivity index (χ3v) is 3.79. The van der Waals surface area contributed by atoms with Crippen LogP contribution < -0.4 is 5.32 Å². The third kappa shape index (κ3) is 2.69. The molecule has 0 saturated heterocycles. The second-order valence-electron chi connectivity index (χ2n) is 3.97. The van der Waals surface area contributed by atoms with E-state index in [1.807, 2.05) is 0 Å². The van der Waals surface area contributed by atoms with Gasteiger partial charge >= 0.3 is 0 Å². The fourth-order valence-electron chi connectivity index (χ4n) is 1.85. The highest BCUT2D eigenvalue weighted by atomic mass is 35.5. The van der Waals surface area contributed by atoms with Crippen LogP contribution in [-0.4, -0.2) is 29.9 Å². The van der Waals surface area contributed by atoms with E-state index in [-0.39, 0.29) is 22.3 Å². The Labute approximate surface area is 119 Å². The Morgan fingerprint density at radius 1 is 1.25 bits per heavy atom. The van der Waals surface area contributed by atoms with Crippen LogP contribution in [0, 0.1) is 0 Å². The normalized spacial score (nSPS) is 11.5. The first-order valence-electron chi connectivity index (χ1n) is 5.42. The van der Waals surface area contributed by atoms with E-state index in [0.29, 0.717) is 0 Å². The topological polar surface area (TPSA) is 104 Å². The molecule has 0 fully saturated rings. The Kier molecular flexibility index (Phi) is 3.85. The van der Waals surface area contributed by atoms with E-state index in [4.69, 9.17) is 11.6 Å². The van der Waals surface area contributed by atoms with Gasteiger partial charge in [0.25, 0.3) is 10.1 Å². The van der Waals surface area contributed by atoms with Crippen molar-refractivity contribution in [2.75, 3.05) is 11.2 Å². The number of amides is 1. The minimum Gasteiger partial charge on any atom is -0.506 e. The van der Waals surface area contributed by atoms with Crippen molar-refractivity contribution < 1.29 is 22.9 Å². The number of nitrogens with one attached hydrogen (secondary N) is 1. The second-order valence-corrected chi connectivity index (χ2v) is 5.63. The summed E-state index contributed by atoms with van der Waals surface area (Å²) in [5.41, 5.74) is 0.0404. The molecule has 0 radical (unpaired) electrons. The number of benzene rings is 2. The van der Waals surface area contributed by atoms with E-state index < -0.39 is 26.7 Å². The largest absolute Gasteiger partial charge is 0.506 e. The number of fused-ring (bicyclic) bond motifs is 1. The summed E-state index contributed by atoms with van der Waals surface area (Å²) in [6.45, 7) is 0. The maximum atomic E-state index is 11.3. The molecule has 2 aromatic carbocycles. The summed E-state index contributed by atoms with van der Waals surface area (Å²) in [5.74, 6) is -1.34. The molecular weight excluding hydrogens is 306 g/mol. The Morgan fingerprint density at radius 3 is 2.40 bits per heavy atom. The van der Waals surface area contributed by atoms with Crippen LogP contribution in [0.1, 0.15) is 0 Å².